The highest BCUT2D eigenvalue weighted by Crippen LogP contribution is 2.66. The molecular formula is C30H51NO3. The van der Waals surface area contributed by atoms with Crippen LogP contribution in [0, 0.1) is 34.5 Å². The van der Waals surface area contributed by atoms with Crippen molar-refractivity contribution in [3.63, 3.8) is 0 Å². The lowest BCUT2D eigenvalue weighted by atomic mass is 9.46. The summed E-state index contributed by atoms with van der Waals surface area (Å²) in [5.41, 5.74) is 0.906. The van der Waals surface area contributed by atoms with Crippen molar-refractivity contribution in [1.29, 1.82) is 0 Å². The van der Waals surface area contributed by atoms with Crippen molar-refractivity contribution >= 4 is 11.9 Å². The molecule has 2 unspecified atom stereocenters. The molecule has 0 aromatic rings. The summed E-state index contributed by atoms with van der Waals surface area (Å²) in [5, 5.41) is 8.71. The number of unbranched alkanes of at least 4 members (excludes halogenated alkanes) is 7. The SMILES string of the molecule is CN1C(=O)CC[C@@]2(C)C1CC[C@@H]1[C@H]2CC[C@]2(C)C(CCCCCCCCCCC(=O)O)CC[C@@H]12. The molecular weight excluding hydrogens is 422 g/mol. The van der Waals surface area contributed by atoms with E-state index in [4.69, 9.17) is 5.11 Å². The van der Waals surface area contributed by atoms with E-state index in [2.05, 4.69) is 25.8 Å². The molecule has 0 aromatic carbocycles. The number of fused-ring (bicyclic) bond motifs is 5. The molecule has 0 bridgehead atoms. The van der Waals surface area contributed by atoms with Crippen molar-refractivity contribution in [3.05, 3.63) is 0 Å². The molecule has 1 amide bonds. The van der Waals surface area contributed by atoms with Gasteiger partial charge in [0.05, 0.1) is 0 Å². The molecule has 3 aliphatic carbocycles. The zero-order valence-electron chi connectivity index (χ0n) is 22.3. The van der Waals surface area contributed by atoms with Crippen LogP contribution in [-0.4, -0.2) is 35.0 Å². The van der Waals surface area contributed by atoms with Gasteiger partial charge in [-0.2, -0.15) is 0 Å². The lowest BCUT2D eigenvalue weighted by Crippen LogP contribution is -2.61. The number of carboxylic acid groups (broad SMARTS) is 1. The summed E-state index contributed by atoms with van der Waals surface area (Å²) in [5.74, 6) is 3.29. The topological polar surface area (TPSA) is 57.6 Å². The zero-order valence-corrected chi connectivity index (χ0v) is 22.3. The third-order valence-corrected chi connectivity index (χ3v) is 11.4. The molecule has 0 radical (unpaired) electrons. The quantitative estimate of drug-likeness (QED) is 0.317. The monoisotopic (exact) mass is 473 g/mol. The average Bonchev–Trinajstić information content (AvgIpc) is 3.14. The summed E-state index contributed by atoms with van der Waals surface area (Å²) in [6, 6.07) is 0.480. The van der Waals surface area contributed by atoms with Gasteiger partial charge < -0.3 is 10.0 Å². The van der Waals surface area contributed by atoms with Crippen molar-refractivity contribution < 1.29 is 14.7 Å². The molecule has 0 spiro atoms. The molecule has 7 atom stereocenters. The molecule has 1 saturated heterocycles. The van der Waals surface area contributed by atoms with Crippen molar-refractivity contribution in [2.24, 2.45) is 34.5 Å². The largest absolute Gasteiger partial charge is 0.481 e. The Balaban J connectivity index is 1.21. The highest BCUT2D eigenvalue weighted by atomic mass is 16.4. The second-order valence-electron chi connectivity index (χ2n) is 13.1. The summed E-state index contributed by atoms with van der Waals surface area (Å²) in [7, 11) is 2.07. The number of piperidine rings is 1. The number of aliphatic carboxylic acids is 1. The summed E-state index contributed by atoms with van der Waals surface area (Å²) >= 11 is 0. The van der Waals surface area contributed by atoms with Crippen LogP contribution in [0.3, 0.4) is 0 Å². The van der Waals surface area contributed by atoms with Crippen LogP contribution in [-0.2, 0) is 9.59 Å². The fraction of sp³-hybridized carbons (Fsp3) is 0.933. The fourth-order valence-electron chi connectivity index (χ4n) is 9.46. The van der Waals surface area contributed by atoms with Crippen LogP contribution < -0.4 is 0 Å². The molecule has 1 heterocycles. The van der Waals surface area contributed by atoms with E-state index in [1.165, 1.54) is 83.5 Å². The van der Waals surface area contributed by atoms with Gasteiger partial charge in [-0.1, -0.05) is 58.8 Å². The van der Waals surface area contributed by atoms with Crippen molar-refractivity contribution in [3.8, 4) is 0 Å². The van der Waals surface area contributed by atoms with Gasteiger partial charge in [0.25, 0.3) is 0 Å². The van der Waals surface area contributed by atoms with E-state index in [1.807, 2.05) is 0 Å². The normalized spacial score (nSPS) is 39.4. The zero-order chi connectivity index (χ0) is 24.3. The minimum Gasteiger partial charge on any atom is -0.481 e. The smallest absolute Gasteiger partial charge is 0.303 e. The first kappa shape index (κ1) is 26.0. The van der Waals surface area contributed by atoms with Crippen LogP contribution in [0.4, 0.5) is 0 Å². The van der Waals surface area contributed by atoms with Crippen LogP contribution in [0.25, 0.3) is 0 Å². The third-order valence-electron chi connectivity index (χ3n) is 11.4. The molecule has 4 aliphatic rings. The Hall–Kier alpha value is -1.06. The number of rotatable bonds is 11. The lowest BCUT2D eigenvalue weighted by Gasteiger charge is -2.62. The van der Waals surface area contributed by atoms with E-state index >= 15 is 0 Å². The number of carbonyl (C=O) groups excluding carboxylic acids is 1. The molecule has 3 saturated carbocycles. The van der Waals surface area contributed by atoms with Gasteiger partial charge in [0.1, 0.15) is 0 Å². The fourth-order valence-corrected chi connectivity index (χ4v) is 9.46. The second kappa shape index (κ2) is 10.9. The van der Waals surface area contributed by atoms with E-state index < -0.39 is 5.97 Å². The van der Waals surface area contributed by atoms with Gasteiger partial charge in [0.15, 0.2) is 0 Å². The van der Waals surface area contributed by atoms with Gasteiger partial charge in [-0.3, -0.25) is 9.59 Å². The highest BCUT2D eigenvalue weighted by molar-refractivity contribution is 5.77. The Labute approximate surface area is 208 Å². The number of carbonyl (C=O) groups is 2. The number of nitrogens with zero attached hydrogens (tertiary/aromatic N) is 1. The lowest BCUT2D eigenvalue weighted by molar-refractivity contribution is -0.158. The molecule has 0 aromatic heterocycles. The Morgan fingerprint density at radius 3 is 2.21 bits per heavy atom. The number of hydrogen-bond donors (Lipinski definition) is 1. The Morgan fingerprint density at radius 2 is 1.50 bits per heavy atom. The maximum Gasteiger partial charge on any atom is 0.303 e. The summed E-state index contributed by atoms with van der Waals surface area (Å²) in [6.07, 6.45) is 21.8. The van der Waals surface area contributed by atoms with Crippen LogP contribution in [0.1, 0.15) is 129 Å². The molecule has 194 valence electrons. The maximum atomic E-state index is 12.4. The number of hydrogen-bond acceptors (Lipinski definition) is 2. The molecule has 34 heavy (non-hydrogen) atoms. The summed E-state index contributed by atoms with van der Waals surface area (Å²) < 4.78 is 0. The van der Waals surface area contributed by atoms with E-state index in [0.29, 0.717) is 29.2 Å². The minimum atomic E-state index is -0.656. The standard InChI is InChI=1S/C30H51NO3/c1-29-20-18-25-23(15-17-26-30(25,2)21-19-27(32)31(26)3)24(29)16-14-22(29)12-10-8-6-4-5-7-9-11-13-28(33)34/h22-26H,4-21H2,1-3H3,(H,33,34)/t22?,23-,24-,25+,26?,29+,30+/m0/s1. The minimum absolute atomic E-state index is 0.333. The van der Waals surface area contributed by atoms with Gasteiger partial charge in [0, 0.05) is 25.9 Å². The van der Waals surface area contributed by atoms with Gasteiger partial charge in [-0.15, -0.1) is 0 Å². The number of carboxylic acids is 1. The molecule has 1 aliphatic heterocycles. The van der Waals surface area contributed by atoms with Crippen LogP contribution in [0.15, 0.2) is 0 Å². The van der Waals surface area contributed by atoms with Gasteiger partial charge in [0.2, 0.25) is 5.91 Å². The van der Waals surface area contributed by atoms with Crippen LogP contribution in [0.2, 0.25) is 0 Å². The molecule has 4 nitrogen and oxygen atoms in total. The maximum absolute atomic E-state index is 12.4. The highest BCUT2D eigenvalue weighted by Gasteiger charge is 2.60. The molecule has 4 rings (SSSR count). The Morgan fingerprint density at radius 1 is 0.853 bits per heavy atom. The predicted octanol–water partition coefficient (Wildman–Crippen LogP) is 7.45. The second-order valence-corrected chi connectivity index (χ2v) is 13.1. The predicted molar refractivity (Wildman–Crippen MR) is 137 cm³/mol. The van der Waals surface area contributed by atoms with Gasteiger partial charge >= 0.3 is 5.97 Å². The van der Waals surface area contributed by atoms with Crippen LogP contribution >= 0.6 is 0 Å². The van der Waals surface area contributed by atoms with Crippen LogP contribution in [0.5, 0.6) is 0 Å². The van der Waals surface area contributed by atoms with E-state index in [0.717, 1.165) is 49.4 Å². The Kier molecular flexibility index (Phi) is 8.35. The molecule has 4 fully saturated rings. The first-order valence-corrected chi connectivity index (χ1v) is 14.7. The average molecular weight is 474 g/mol. The van der Waals surface area contributed by atoms with Gasteiger partial charge in [-0.25, -0.2) is 0 Å². The van der Waals surface area contributed by atoms with Crippen molar-refractivity contribution in [1.82, 2.24) is 4.90 Å². The van der Waals surface area contributed by atoms with E-state index in [-0.39, 0.29) is 0 Å². The molecule has 4 heteroatoms. The van der Waals surface area contributed by atoms with Crippen molar-refractivity contribution in [2.75, 3.05) is 7.05 Å². The number of likely N-dealkylation sites (tertiary alicyclic amines) is 1. The first-order valence-electron chi connectivity index (χ1n) is 14.7. The van der Waals surface area contributed by atoms with E-state index in [1.54, 1.807) is 0 Å². The number of amides is 1. The molecule has 1 N–H and O–H groups in total. The third kappa shape index (κ3) is 5.07. The van der Waals surface area contributed by atoms with Crippen molar-refractivity contribution in [2.45, 2.75) is 135 Å². The van der Waals surface area contributed by atoms with Gasteiger partial charge in [-0.05, 0) is 92.3 Å². The Bertz CT molecular complexity index is 722. The van der Waals surface area contributed by atoms with E-state index in [9.17, 15) is 9.59 Å². The first-order chi connectivity index (χ1) is 16.3. The summed E-state index contributed by atoms with van der Waals surface area (Å²) in [6.45, 7) is 5.20. The summed E-state index contributed by atoms with van der Waals surface area (Å²) in [4.78, 5) is 25.1.